The summed E-state index contributed by atoms with van der Waals surface area (Å²) >= 11 is 11.8. The van der Waals surface area contributed by atoms with E-state index in [2.05, 4.69) is 0 Å². The van der Waals surface area contributed by atoms with Crippen molar-refractivity contribution in [1.82, 2.24) is 0 Å². The fraction of sp³-hybridized carbons (Fsp3) is 0.417. The summed E-state index contributed by atoms with van der Waals surface area (Å²) in [7, 11) is 0. The quantitative estimate of drug-likeness (QED) is 0.844. The third-order valence-electron chi connectivity index (χ3n) is 3.11. The van der Waals surface area contributed by atoms with Gasteiger partial charge in [0.2, 0.25) is 0 Å². The fourth-order valence-corrected chi connectivity index (χ4v) is 2.35. The Kier molecular flexibility index (Phi) is 3.24. The van der Waals surface area contributed by atoms with Crippen molar-refractivity contribution in [3.8, 4) is 0 Å². The Morgan fingerprint density at radius 3 is 2.62 bits per heavy atom. The van der Waals surface area contributed by atoms with Crippen LogP contribution in [0.4, 0.5) is 0 Å². The van der Waals surface area contributed by atoms with Gasteiger partial charge in [-0.15, -0.1) is 0 Å². The number of carbonyl (C=O) groups excluding carboxylic acids is 1. The van der Waals surface area contributed by atoms with Gasteiger partial charge in [-0.05, 0) is 31.4 Å². The van der Waals surface area contributed by atoms with Gasteiger partial charge in [0, 0.05) is 17.5 Å². The fourth-order valence-electron chi connectivity index (χ4n) is 1.94. The van der Waals surface area contributed by atoms with Crippen LogP contribution in [-0.2, 0) is 0 Å². The summed E-state index contributed by atoms with van der Waals surface area (Å²) in [6.45, 7) is 0. The van der Waals surface area contributed by atoms with Crippen LogP contribution in [0.2, 0.25) is 10.0 Å². The first kappa shape index (κ1) is 11.9. The molecule has 1 aliphatic carbocycles. The van der Waals surface area contributed by atoms with E-state index >= 15 is 0 Å². The maximum Gasteiger partial charge on any atom is 0.166 e. The molecule has 0 heterocycles. The van der Waals surface area contributed by atoms with Crippen LogP contribution in [0.15, 0.2) is 18.2 Å². The van der Waals surface area contributed by atoms with Crippen molar-refractivity contribution < 1.29 is 4.79 Å². The van der Waals surface area contributed by atoms with Crippen molar-refractivity contribution >= 4 is 29.0 Å². The van der Waals surface area contributed by atoms with Crippen LogP contribution in [0.5, 0.6) is 0 Å². The van der Waals surface area contributed by atoms with Gasteiger partial charge < -0.3 is 5.73 Å². The van der Waals surface area contributed by atoms with Crippen LogP contribution in [0, 0.1) is 0 Å². The highest BCUT2D eigenvalue weighted by atomic mass is 35.5. The number of carbonyl (C=O) groups is 1. The van der Waals surface area contributed by atoms with Crippen LogP contribution in [0.1, 0.15) is 36.0 Å². The third kappa shape index (κ3) is 2.24. The Labute approximate surface area is 105 Å². The molecule has 86 valence electrons. The van der Waals surface area contributed by atoms with E-state index in [0.29, 0.717) is 22.0 Å². The summed E-state index contributed by atoms with van der Waals surface area (Å²) in [6, 6.07) is 5.09. The highest BCUT2D eigenvalue weighted by molar-refractivity contribution is 6.43. The summed E-state index contributed by atoms with van der Waals surface area (Å²) in [5.41, 5.74) is 6.19. The molecular formula is C12H13Cl2NO. The first-order chi connectivity index (χ1) is 7.52. The normalized spacial score (nSPS) is 17.9. The SMILES string of the molecule is NC1(CC(=O)c2cccc(Cl)c2Cl)CCC1. The molecule has 1 aliphatic rings. The Hall–Kier alpha value is -0.570. The summed E-state index contributed by atoms with van der Waals surface area (Å²) in [6.07, 6.45) is 3.29. The maximum absolute atomic E-state index is 12.0. The molecule has 2 rings (SSSR count). The number of nitrogens with two attached hydrogens (primary N) is 1. The van der Waals surface area contributed by atoms with Crippen molar-refractivity contribution in [2.24, 2.45) is 5.73 Å². The van der Waals surface area contributed by atoms with Crippen LogP contribution in [0.25, 0.3) is 0 Å². The van der Waals surface area contributed by atoms with E-state index in [-0.39, 0.29) is 11.3 Å². The van der Waals surface area contributed by atoms with Gasteiger partial charge in [-0.1, -0.05) is 29.3 Å². The lowest BCUT2D eigenvalue weighted by Crippen LogP contribution is -2.48. The van der Waals surface area contributed by atoms with Crippen LogP contribution < -0.4 is 5.73 Å². The molecule has 0 aromatic heterocycles. The van der Waals surface area contributed by atoms with E-state index in [1.165, 1.54) is 0 Å². The van der Waals surface area contributed by atoms with Gasteiger partial charge in [-0.3, -0.25) is 4.79 Å². The second-order valence-corrected chi connectivity index (χ2v) is 5.20. The Morgan fingerprint density at radius 1 is 1.38 bits per heavy atom. The Morgan fingerprint density at radius 2 is 2.06 bits per heavy atom. The number of hydrogen-bond acceptors (Lipinski definition) is 2. The van der Waals surface area contributed by atoms with E-state index in [9.17, 15) is 4.79 Å². The minimum atomic E-state index is -0.317. The summed E-state index contributed by atoms with van der Waals surface area (Å²) < 4.78 is 0. The molecule has 0 bridgehead atoms. The van der Waals surface area contributed by atoms with Crippen LogP contribution in [-0.4, -0.2) is 11.3 Å². The van der Waals surface area contributed by atoms with Crippen molar-refractivity contribution in [2.75, 3.05) is 0 Å². The number of hydrogen-bond donors (Lipinski definition) is 1. The predicted octanol–water partition coefficient (Wildman–Crippen LogP) is 3.45. The molecular weight excluding hydrogens is 245 g/mol. The molecule has 0 aliphatic heterocycles. The Bertz CT molecular complexity index is 427. The molecule has 16 heavy (non-hydrogen) atoms. The Balaban J connectivity index is 2.17. The standard InChI is InChI=1S/C12H13Cl2NO/c13-9-4-1-3-8(11(9)14)10(16)7-12(15)5-2-6-12/h1,3-4H,2,5-7,15H2. The van der Waals surface area contributed by atoms with Gasteiger partial charge in [0.1, 0.15) is 0 Å². The largest absolute Gasteiger partial charge is 0.325 e. The molecule has 0 unspecified atom stereocenters. The zero-order chi connectivity index (χ0) is 11.8. The van der Waals surface area contributed by atoms with Gasteiger partial charge in [-0.2, -0.15) is 0 Å². The number of Topliss-reactive ketones (excluding diaryl/α,β-unsaturated/α-hetero) is 1. The predicted molar refractivity (Wildman–Crippen MR) is 66.2 cm³/mol. The molecule has 2 N–H and O–H groups in total. The molecule has 1 saturated carbocycles. The summed E-state index contributed by atoms with van der Waals surface area (Å²) in [5, 5.41) is 0.740. The number of rotatable bonds is 3. The van der Waals surface area contributed by atoms with Crippen molar-refractivity contribution in [3.63, 3.8) is 0 Å². The molecule has 0 radical (unpaired) electrons. The molecule has 0 spiro atoms. The zero-order valence-electron chi connectivity index (χ0n) is 8.80. The smallest absolute Gasteiger partial charge is 0.166 e. The average molecular weight is 258 g/mol. The summed E-state index contributed by atoms with van der Waals surface area (Å²) in [5.74, 6) is -0.0188. The van der Waals surface area contributed by atoms with Crippen molar-refractivity contribution in [1.29, 1.82) is 0 Å². The van der Waals surface area contributed by atoms with Gasteiger partial charge in [0.25, 0.3) is 0 Å². The van der Waals surface area contributed by atoms with Gasteiger partial charge in [0.05, 0.1) is 10.0 Å². The van der Waals surface area contributed by atoms with Crippen molar-refractivity contribution in [2.45, 2.75) is 31.2 Å². The molecule has 1 aromatic rings. The molecule has 1 aromatic carbocycles. The highest BCUT2D eigenvalue weighted by Crippen LogP contribution is 2.35. The minimum Gasteiger partial charge on any atom is -0.325 e. The molecule has 1 fully saturated rings. The maximum atomic E-state index is 12.0. The van der Waals surface area contributed by atoms with E-state index in [1.807, 2.05) is 0 Å². The lowest BCUT2D eigenvalue weighted by Gasteiger charge is -2.37. The monoisotopic (exact) mass is 257 g/mol. The third-order valence-corrected chi connectivity index (χ3v) is 3.93. The van der Waals surface area contributed by atoms with E-state index in [4.69, 9.17) is 28.9 Å². The first-order valence-corrected chi connectivity index (χ1v) is 6.03. The molecule has 0 atom stereocenters. The number of halogens is 2. The van der Waals surface area contributed by atoms with E-state index in [1.54, 1.807) is 18.2 Å². The second kappa shape index (κ2) is 4.36. The topological polar surface area (TPSA) is 43.1 Å². The number of ketones is 1. The van der Waals surface area contributed by atoms with Gasteiger partial charge in [-0.25, -0.2) is 0 Å². The summed E-state index contributed by atoms with van der Waals surface area (Å²) in [4.78, 5) is 12.0. The number of benzene rings is 1. The lowest BCUT2D eigenvalue weighted by atomic mass is 9.74. The van der Waals surface area contributed by atoms with Crippen LogP contribution in [0.3, 0.4) is 0 Å². The van der Waals surface area contributed by atoms with Gasteiger partial charge in [0.15, 0.2) is 5.78 Å². The average Bonchev–Trinajstić information content (AvgIpc) is 2.19. The molecule has 4 heteroatoms. The zero-order valence-corrected chi connectivity index (χ0v) is 10.3. The van der Waals surface area contributed by atoms with E-state index < -0.39 is 0 Å². The molecule has 2 nitrogen and oxygen atoms in total. The lowest BCUT2D eigenvalue weighted by molar-refractivity contribution is 0.0912. The highest BCUT2D eigenvalue weighted by Gasteiger charge is 2.35. The molecule has 0 amide bonds. The molecule has 0 saturated heterocycles. The first-order valence-electron chi connectivity index (χ1n) is 5.28. The minimum absolute atomic E-state index is 0.0188. The van der Waals surface area contributed by atoms with Gasteiger partial charge >= 0.3 is 0 Å². The van der Waals surface area contributed by atoms with Crippen molar-refractivity contribution in [3.05, 3.63) is 33.8 Å². The van der Waals surface area contributed by atoms with Crippen LogP contribution >= 0.6 is 23.2 Å². The van der Waals surface area contributed by atoms with E-state index in [0.717, 1.165) is 19.3 Å². The second-order valence-electron chi connectivity index (χ2n) is 4.42.